The lowest BCUT2D eigenvalue weighted by Crippen LogP contribution is -2.01. The zero-order chi connectivity index (χ0) is 37.5. The van der Waals surface area contributed by atoms with Gasteiger partial charge in [0.25, 0.3) is 0 Å². The normalized spacial score (nSPS) is 11.9. The van der Waals surface area contributed by atoms with Gasteiger partial charge in [-0.3, -0.25) is 0 Å². The number of furan rings is 1. The highest BCUT2D eigenvalue weighted by Gasteiger charge is 2.18. The van der Waals surface area contributed by atoms with Gasteiger partial charge in [0.05, 0.1) is 11.0 Å². The Labute approximate surface area is 330 Å². The van der Waals surface area contributed by atoms with E-state index in [1.54, 1.807) is 11.3 Å². The summed E-state index contributed by atoms with van der Waals surface area (Å²) in [6, 6.07) is 64.0. The monoisotopic (exact) mass is 746 g/mol. The second-order valence-corrected chi connectivity index (χ2v) is 15.5. The summed E-state index contributed by atoms with van der Waals surface area (Å²) in [6.07, 6.45) is 0. The predicted octanol–water partition coefficient (Wildman–Crippen LogP) is 13.9. The number of benzene rings is 8. The Kier molecular flexibility index (Phi) is 7.03. The lowest BCUT2D eigenvalue weighted by molar-refractivity contribution is 0.669. The van der Waals surface area contributed by atoms with Gasteiger partial charge in [-0.2, -0.15) is 0 Å². The van der Waals surface area contributed by atoms with Crippen molar-refractivity contribution in [2.45, 2.75) is 0 Å². The van der Waals surface area contributed by atoms with Gasteiger partial charge in [-0.05, 0) is 77.9 Å². The quantitative estimate of drug-likeness (QED) is 0.176. The Hall–Kier alpha value is -7.41. The number of nitrogens with zero attached hydrogens (tertiary/aromatic N) is 4. The molecule has 5 nitrogen and oxygen atoms in total. The van der Waals surface area contributed by atoms with E-state index in [0.29, 0.717) is 17.5 Å². The molecule has 0 radical (unpaired) electrons. The molecule has 0 fully saturated rings. The van der Waals surface area contributed by atoms with Gasteiger partial charge < -0.3 is 8.98 Å². The Balaban J connectivity index is 1.04. The minimum Gasteiger partial charge on any atom is -0.456 e. The van der Waals surface area contributed by atoms with Crippen molar-refractivity contribution in [3.05, 3.63) is 182 Å². The largest absolute Gasteiger partial charge is 0.456 e. The van der Waals surface area contributed by atoms with E-state index in [0.717, 1.165) is 55.3 Å². The fraction of sp³-hybridized carbons (Fsp3) is 0. The third kappa shape index (κ3) is 5.19. The van der Waals surface area contributed by atoms with Crippen LogP contribution in [0.5, 0.6) is 0 Å². The van der Waals surface area contributed by atoms with E-state index in [2.05, 4.69) is 156 Å². The van der Waals surface area contributed by atoms with Crippen molar-refractivity contribution in [2.75, 3.05) is 0 Å². The van der Waals surface area contributed by atoms with Crippen molar-refractivity contribution in [2.24, 2.45) is 0 Å². The van der Waals surface area contributed by atoms with Gasteiger partial charge in [0.2, 0.25) is 0 Å². The van der Waals surface area contributed by atoms with Crippen LogP contribution in [0.25, 0.3) is 115 Å². The van der Waals surface area contributed by atoms with Crippen molar-refractivity contribution in [3.8, 4) is 51.0 Å². The molecule has 57 heavy (non-hydrogen) atoms. The average Bonchev–Trinajstić information content (AvgIpc) is 3.95. The molecule has 8 aromatic carbocycles. The first kappa shape index (κ1) is 31.9. The molecule has 0 amide bonds. The predicted molar refractivity (Wildman–Crippen MR) is 236 cm³/mol. The van der Waals surface area contributed by atoms with E-state index >= 15 is 0 Å². The molecule has 4 heterocycles. The molecule has 12 aromatic rings. The van der Waals surface area contributed by atoms with E-state index in [1.165, 1.54) is 42.1 Å². The van der Waals surface area contributed by atoms with Crippen LogP contribution < -0.4 is 0 Å². The van der Waals surface area contributed by atoms with Gasteiger partial charge >= 0.3 is 0 Å². The van der Waals surface area contributed by atoms with Crippen molar-refractivity contribution in [1.82, 2.24) is 19.5 Å². The van der Waals surface area contributed by atoms with Gasteiger partial charge in [0.1, 0.15) is 11.2 Å². The number of hydrogen-bond acceptors (Lipinski definition) is 5. The molecular weight excluding hydrogens is 717 g/mol. The molecule has 0 bridgehead atoms. The number of fused-ring (bicyclic) bond motifs is 9. The van der Waals surface area contributed by atoms with Crippen LogP contribution in [0.15, 0.2) is 186 Å². The molecule has 4 aromatic heterocycles. The number of thiophene rings is 1. The molecule has 0 atom stereocenters. The highest BCUT2D eigenvalue weighted by Crippen LogP contribution is 2.39. The fourth-order valence-corrected chi connectivity index (χ4v) is 9.48. The Bertz CT molecular complexity index is 3540. The summed E-state index contributed by atoms with van der Waals surface area (Å²) in [4.78, 5) is 15.6. The summed E-state index contributed by atoms with van der Waals surface area (Å²) in [6.45, 7) is 0. The molecule has 266 valence electrons. The third-order valence-corrected chi connectivity index (χ3v) is 12.2. The van der Waals surface area contributed by atoms with Gasteiger partial charge in [0, 0.05) is 64.1 Å². The van der Waals surface area contributed by atoms with Crippen LogP contribution in [0, 0.1) is 0 Å². The molecule has 0 N–H and O–H groups in total. The van der Waals surface area contributed by atoms with Crippen LogP contribution in [-0.2, 0) is 0 Å². The smallest absolute Gasteiger partial charge is 0.164 e. The van der Waals surface area contributed by atoms with Crippen molar-refractivity contribution < 1.29 is 4.42 Å². The molecular formula is C51H30N4OS. The van der Waals surface area contributed by atoms with Gasteiger partial charge in [0.15, 0.2) is 17.5 Å². The Morgan fingerprint density at radius 2 is 0.947 bits per heavy atom. The zero-order valence-corrected chi connectivity index (χ0v) is 31.2. The lowest BCUT2D eigenvalue weighted by Gasteiger charge is -2.12. The number of para-hydroxylation sites is 2. The van der Waals surface area contributed by atoms with Gasteiger partial charge in [-0.1, -0.05) is 115 Å². The van der Waals surface area contributed by atoms with E-state index < -0.39 is 0 Å². The maximum absolute atomic E-state index is 6.18. The highest BCUT2D eigenvalue weighted by atomic mass is 32.1. The first-order chi connectivity index (χ1) is 28.2. The highest BCUT2D eigenvalue weighted by molar-refractivity contribution is 7.25. The summed E-state index contributed by atoms with van der Waals surface area (Å²) in [5.41, 5.74) is 10.2. The molecule has 0 spiro atoms. The van der Waals surface area contributed by atoms with E-state index in [-0.39, 0.29) is 0 Å². The topological polar surface area (TPSA) is 56.7 Å². The van der Waals surface area contributed by atoms with Crippen LogP contribution in [0.3, 0.4) is 0 Å². The first-order valence-electron chi connectivity index (χ1n) is 19.0. The van der Waals surface area contributed by atoms with Crippen LogP contribution in [0.2, 0.25) is 0 Å². The van der Waals surface area contributed by atoms with Crippen molar-refractivity contribution in [3.63, 3.8) is 0 Å². The maximum atomic E-state index is 6.18. The number of hydrogen-bond donors (Lipinski definition) is 0. The first-order valence-corrected chi connectivity index (χ1v) is 19.8. The summed E-state index contributed by atoms with van der Waals surface area (Å²) >= 11 is 1.79. The van der Waals surface area contributed by atoms with Crippen molar-refractivity contribution in [1.29, 1.82) is 0 Å². The standard InChI is InChI=1S/C51H30N4OS/c1-2-11-31(12-3-1)32-22-25-44-41(28-32)37-15-4-7-18-43(37)55(44)36-14-10-13-33(27-36)49-52-50(34-23-26-46-42(29-34)38-16-5-8-19-45(38)56-46)54-51(53-49)35-21-24-40-39-17-6-9-20-47(39)57-48(40)30-35/h1-30H. The SMILES string of the molecule is c1ccc(-c2ccc3c(c2)c2ccccc2n3-c2cccc(-c3nc(-c4ccc5c(c4)sc4ccccc45)nc(-c4ccc5oc6ccccc6c5c4)n3)c2)cc1. The molecule has 0 unspecified atom stereocenters. The van der Waals surface area contributed by atoms with Crippen LogP contribution in [0.1, 0.15) is 0 Å². The zero-order valence-electron chi connectivity index (χ0n) is 30.4. The van der Waals surface area contributed by atoms with Crippen molar-refractivity contribution >= 4 is 75.3 Å². The molecule has 0 saturated carbocycles. The minimum absolute atomic E-state index is 0.606. The van der Waals surface area contributed by atoms with Gasteiger partial charge in [-0.25, -0.2) is 15.0 Å². The summed E-state index contributed by atoms with van der Waals surface area (Å²) in [7, 11) is 0. The fourth-order valence-electron chi connectivity index (χ4n) is 8.34. The molecule has 0 aliphatic rings. The number of aromatic nitrogens is 4. The van der Waals surface area contributed by atoms with E-state index in [1.807, 2.05) is 30.3 Å². The molecule has 0 aliphatic heterocycles. The third-order valence-electron chi connectivity index (χ3n) is 11.0. The van der Waals surface area contributed by atoms with E-state index in [4.69, 9.17) is 19.4 Å². The molecule has 0 saturated heterocycles. The molecule has 12 rings (SSSR count). The second kappa shape index (κ2) is 12.6. The Morgan fingerprint density at radius 1 is 0.351 bits per heavy atom. The van der Waals surface area contributed by atoms with Crippen LogP contribution in [-0.4, -0.2) is 19.5 Å². The van der Waals surface area contributed by atoms with Gasteiger partial charge in [-0.15, -0.1) is 11.3 Å². The summed E-state index contributed by atoms with van der Waals surface area (Å²) in [5.74, 6) is 1.84. The second-order valence-electron chi connectivity index (χ2n) is 14.4. The van der Waals surface area contributed by atoms with Crippen LogP contribution in [0.4, 0.5) is 0 Å². The Morgan fingerprint density at radius 3 is 1.81 bits per heavy atom. The maximum Gasteiger partial charge on any atom is 0.164 e. The molecule has 0 aliphatic carbocycles. The lowest BCUT2D eigenvalue weighted by atomic mass is 10.0. The summed E-state index contributed by atoms with van der Waals surface area (Å²) < 4.78 is 11.0. The number of rotatable bonds is 5. The summed E-state index contributed by atoms with van der Waals surface area (Å²) in [5, 5.41) is 7.01. The minimum atomic E-state index is 0.606. The average molecular weight is 747 g/mol. The van der Waals surface area contributed by atoms with Crippen LogP contribution >= 0.6 is 11.3 Å². The van der Waals surface area contributed by atoms with E-state index in [9.17, 15) is 0 Å². The molecule has 6 heteroatoms.